The zero-order valence-corrected chi connectivity index (χ0v) is 13.8. The molecule has 0 saturated heterocycles. The minimum Gasteiger partial charge on any atom is -0.481 e. The number of para-hydroxylation sites is 1. The van der Waals surface area contributed by atoms with Gasteiger partial charge in [-0.1, -0.05) is 30.3 Å². The van der Waals surface area contributed by atoms with E-state index in [2.05, 4.69) is 0 Å². The monoisotopic (exact) mass is 343 g/mol. The third-order valence-corrected chi connectivity index (χ3v) is 6.68. The Hall–Kier alpha value is -2.34. The molecule has 1 spiro atoms. The molecule has 6 heteroatoms. The molecule has 1 fully saturated rings. The van der Waals surface area contributed by atoms with Crippen molar-refractivity contribution < 1.29 is 18.3 Å². The largest absolute Gasteiger partial charge is 0.481 e. The fraction of sp³-hybridized carbons (Fsp3) is 0.278. The van der Waals surface area contributed by atoms with Crippen molar-refractivity contribution in [2.45, 2.75) is 29.6 Å². The maximum Gasteiger partial charge on any atom is 0.307 e. The van der Waals surface area contributed by atoms with E-state index in [-0.39, 0.29) is 16.7 Å². The highest BCUT2D eigenvalue weighted by atomic mass is 32.2. The molecule has 1 heterocycles. The van der Waals surface area contributed by atoms with Gasteiger partial charge in [0.2, 0.25) is 0 Å². The molecule has 0 unspecified atom stereocenters. The van der Waals surface area contributed by atoms with Crippen LogP contribution in [-0.2, 0) is 26.7 Å². The number of fused-ring (bicyclic) bond motifs is 2. The summed E-state index contributed by atoms with van der Waals surface area (Å²) in [6, 6.07) is 13.8. The fourth-order valence-corrected chi connectivity index (χ4v) is 5.03. The second-order valence-electron chi connectivity index (χ2n) is 6.52. The lowest BCUT2D eigenvalue weighted by Crippen LogP contribution is -2.31. The molecule has 0 bridgehead atoms. The van der Waals surface area contributed by atoms with E-state index in [1.807, 2.05) is 24.3 Å². The first-order chi connectivity index (χ1) is 11.4. The molecule has 1 aliphatic heterocycles. The number of benzene rings is 2. The van der Waals surface area contributed by atoms with Gasteiger partial charge in [-0.15, -0.1) is 0 Å². The van der Waals surface area contributed by atoms with Crippen molar-refractivity contribution in [2.75, 3.05) is 10.8 Å². The molecular weight excluding hydrogens is 326 g/mol. The summed E-state index contributed by atoms with van der Waals surface area (Å²) in [6.45, 7) is 0.492. The average Bonchev–Trinajstić information content (AvgIpc) is 3.25. The van der Waals surface area contributed by atoms with E-state index in [0.29, 0.717) is 12.1 Å². The van der Waals surface area contributed by atoms with Crippen LogP contribution in [0.15, 0.2) is 53.4 Å². The number of nitrogens with zero attached hydrogens (tertiary/aromatic N) is 1. The molecule has 2 aromatic rings. The predicted molar refractivity (Wildman–Crippen MR) is 89.7 cm³/mol. The first kappa shape index (κ1) is 15.2. The number of sulfonamides is 1. The van der Waals surface area contributed by atoms with Crippen molar-refractivity contribution in [3.05, 3.63) is 59.7 Å². The number of aliphatic carboxylic acids is 1. The van der Waals surface area contributed by atoms with E-state index in [9.17, 15) is 13.2 Å². The molecule has 0 aromatic heterocycles. The van der Waals surface area contributed by atoms with E-state index in [0.717, 1.165) is 24.1 Å². The van der Waals surface area contributed by atoms with Gasteiger partial charge in [-0.2, -0.15) is 0 Å². The summed E-state index contributed by atoms with van der Waals surface area (Å²) in [7, 11) is -3.64. The molecule has 2 aromatic carbocycles. The summed E-state index contributed by atoms with van der Waals surface area (Å²) in [5.74, 6) is -0.935. The van der Waals surface area contributed by atoms with Gasteiger partial charge in [-0.05, 0) is 42.2 Å². The number of carboxylic acid groups (broad SMARTS) is 1. The maximum absolute atomic E-state index is 13.1. The molecule has 24 heavy (non-hydrogen) atoms. The van der Waals surface area contributed by atoms with Gasteiger partial charge >= 0.3 is 5.97 Å². The highest BCUT2D eigenvalue weighted by molar-refractivity contribution is 7.92. The summed E-state index contributed by atoms with van der Waals surface area (Å²) < 4.78 is 27.6. The predicted octanol–water partition coefficient (Wildman–Crippen LogP) is 2.55. The van der Waals surface area contributed by atoms with Crippen LogP contribution < -0.4 is 4.31 Å². The fourth-order valence-electron chi connectivity index (χ4n) is 3.46. The van der Waals surface area contributed by atoms with Crippen LogP contribution in [0.2, 0.25) is 0 Å². The number of hydrogen-bond acceptors (Lipinski definition) is 3. The van der Waals surface area contributed by atoms with Gasteiger partial charge in [0.25, 0.3) is 10.0 Å². The summed E-state index contributed by atoms with van der Waals surface area (Å²) in [5, 5.41) is 8.82. The van der Waals surface area contributed by atoms with Crippen LogP contribution in [0.1, 0.15) is 24.0 Å². The van der Waals surface area contributed by atoms with Gasteiger partial charge in [0.1, 0.15) is 0 Å². The van der Waals surface area contributed by atoms with Gasteiger partial charge < -0.3 is 5.11 Å². The topological polar surface area (TPSA) is 74.7 Å². The van der Waals surface area contributed by atoms with Crippen LogP contribution in [0.25, 0.3) is 0 Å². The minimum atomic E-state index is -3.64. The Labute approximate surface area is 140 Å². The average molecular weight is 343 g/mol. The number of carbonyl (C=O) groups is 1. The molecule has 0 amide bonds. The van der Waals surface area contributed by atoms with Gasteiger partial charge in [-0.3, -0.25) is 9.10 Å². The molecule has 0 atom stereocenters. The van der Waals surface area contributed by atoms with E-state index < -0.39 is 16.0 Å². The number of carboxylic acids is 1. The molecule has 4 rings (SSSR count). The summed E-state index contributed by atoms with van der Waals surface area (Å²) in [4.78, 5) is 10.9. The second kappa shape index (κ2) is 5.08. The van der Waals surface area contributed by atoms with Crippen LogP contribution in [-0.4, -0.2) is 26.0 Å². The Morgan fingerprint density at radius 3 is 2.38 bits per heavy atom. The Bertz CT molecular complexity index is 914. The lowest BCUT2D eigenvalue weighted by atomic mass is 9.99. The van der Waals surface area contributed by atoms with Crippen molar-refractivity contribution >= 4 is 21.7 Å². The lowest BCUT2D eigenvalue weighted by Gasteiger charge is -2.20. The standard InChI is InChI=1S/C18H17NO4S/c20-17(21)11-13-5-7-14(8-6-13)24(22,23)19-12-18(9-10-18)15-3-1-2-4-16(15)19/h1-8H,9-12H2,(H,20,21). The highest BCUT2D eigenvalue weighted by Gasteiger charge is 2.54. The Balaban J connectivity index is 1.70. The lowest BCUT2D eigenvalue weighted by molar-refractivity contribution is -0.136. The van der Waals surface area contributed by atoms with Gasteiger partial charge in [-0.25, -0.2) is 8.42 Å². The van der Waals surface area contributed by atoms with E-state index in [1.165, 1.54) is 16.4 Å². The third-order valence-electron chi connectivity index (χ3n) is 4.91. The normalized spacial score (nSPS) is 17.8. The zero-order chi connectivity index (χ0) is 16.9. The molecule has 1 saturated carbocycles. The Kier molecular flexibility index (Phi) is 3.22. The van der Waals surface area contributed by atoms with Crippen molar-refractivity contribution in [1.82, 2.24) is 0 Å². The molecular formula is C18H17NO4S. The summed E-state index contributed by atoms with van der Waals surface area (Å²) >= 11 is 0. The van der Waals surface area contributed by atoms with Crippen molar-refractivity contribution in [2.24, 2.45) is 0 Å². The highest BCUT2D eigenvalue weighted by Crippen LogP contribution is 2.57. The molecule has 2 aliphatic rings. The molecule has 1 aliphatic carbocycles. The first-order valence-electron chi connectivity index (χ1n) is 7.85. The smallest absolute Gasteiger partial charge is 0.307 e. The Morgan fingerprint density at radius 1 is 1.08 bits per heavy atom. The van der Waals surface area contributed by atoms with Crippen LogP contribution in [0, 0.1) is 0 Å². The molecule has 1 N–H and O–H groups in total. The molecule has 0 radical (unpaired) electrons. The van der Waals surface area contributed by atoms with Gasteiger partial charge in [0.05, 0.1) is 17.0 Å². The molecule has 124 valence electrons. The van der Waals surface area contributed by atoms with Gasteiger partial charge in [0, 0.05) is 12.0 Å². The van der Waals surface area contributed by atoms with Crippen molar-refractivity contribution in [3.8, 4) is 0 Å². The van der Waals surface area contributed by atoms with Crippen LogP contribution in [0.4, 0.5) is 5.69 Å². The van der Waals surface area contributed by atoms with Crippen LogP contribution in [0.5, 0.6) is 0 Å². The van der Waals surface area contributed by atoms with Crippen LogP contribution >= 0.6 is 0 Å². The first-order valence-corrected chi connectivity index (χ1v) is 9.29. The van der Waals surface area contributed by atoms with Gasteiger partial charge in [0.15, 0.2) is 0 Å². The quantitative estimate of drug-likeness (QED) is 0.926. The van der Waals surface area contributed by atoms with Crippen LogP contribution in [0.3, 0.4) is 0 Å². The Morgan fingerprint density at radius 2 is 1.75 bits per heavy atom. The van der Waals surface area contributed by atoms with E-state index >= 15 is 0 Å². The summed E-state index contributed by atoms with van der Waals surface area (Å²) in [5.41, 5.74) is 2.47. The second-order valence-corrected chi connectivity index (χ2v) is 8.39. The van der Waals surface area contributed by atoms with E-state index in [4.69, 9.17) is 5.11 Å². The van der Waals surface area contributed by atoms with E-state index in [1.54, 1.807) is 12.1 Å². The third kappa shape index (κ3) is 2.29. The number of anilines is 1. The maximum atomic E-state index is 13.1. The minimum absolute atomic E-state index is 0.00703. The molecule has 5 nitrogen and oxygen atoms in total. The SMILES string of the molecule is O=C(O)Cc1ccc(S(=O)(=O)N2CC3(CC3)c3ccccc32)cc1. The summed E-state index contributed by atoms with van der Waals surface area (Å²) in [6.07, 6.45) is 1.93. The van der Waals surface area contributed by atoms with Crippen molar-refractivity contribution in [3.63, 3.8) is 0 Å². The number of rotatable bonds is 4. The zero-order valence-electron chi connectivity index (χ0n) is 13.0. The van der Waals surface area contributed by atoms with Crippen molar-refractivity contribution in [1.29, 1.82) is 0 Å². The number of hydrogen-bond donors (Lipinski definition) is 1.